The molecule has 0 aliphatic heterocycles. The minimum atomic E-state index is -0.879. The number of amides is 5. The van der Waals surface area contributed by atoms with Crippen molar-refractivity contribution >= 4 is 35.1 Å². The second-order valence-corrected chi connectivity index (χ2v) is 10.3. The first kappa shape index (κ1) is 33.2. The lowest BCUT2D eigenvalue weighted by atomic mass is 10.1. The van der Waals surface area contributed by atoms with E-state index in [2.05, 4.69) is 36.6 Å². The number of aromatic amines is 1. The number of aryl methyl sites for hydroxylation is 1. The second kappa shape index (κ2) is 15.8. The predicted octanol–water partition coefficient (Wildman–Crippen LogP) is 5.11. The number of ether oxygens (including phenoxy) is 1. The quantitative estimate of drug-likeness (QED) is 0.120. The minimum absolute atomic E-state index is 0.0811. The van der Waals surface area contributed by atoms with E-state index >= 15 is 0 Å². The Morgan fingerprint density at radius 3 is 2.41 bits per heavy atom. The van der Waals surface area contributed by atoms with Gasteiger partial charge in [0.05, 0.1) is 22.6 Å². The summed E-state index contributed by atoms with van der Waals surface area (Å²) < 4.78 is 19.9. The van der Waals surface area contributed by atoms with Crippen LogP contribution in [0.25, 0.3) is 11.4 Å². The van der Waals surface area contributed by atoms with Crippen LogP contribution >= 0.6 is 0 Å². The van der Waals surface area contributed by atoms with Gasteiger partial charge in [-0.05, 0) is 81.3 Å². The first-order valence-electron chi connectivity index (χ1n) is 14.8. The average Bonchev–Trinajstić information content (AvgIpc) is 3.53. The monoisotopic (exact) mass is 629 g/mol. The molecule has 12 nitrogen and oxygen atoms in total. The molecule has 0 fully saturated rings. The standard InChI is InChI=1S/C33H36FN7O5/c1-4-35-30(42)13-12-26(32(44)36-5-2)40-31(43)21-17-28(38-19-21)29-18-24(14-15-37-29)46-23-9-7-22(8-10-23)39-33(45)41-27-16-20(3)6-11-25(27)34/h6-11,14-19,26,38H,4-5,12-13H2,1-3H3,(H,35,42)(H,36,44)(H,40,43)(H2,39,41,45)/t26-/m0/s1. The van der Waals surface area contributed by atoms with E-state index in [9.17, 15) is 23.6 Å². The molecular weight excluding hydrogens is 593 g/mol. The number of aromatic nitrogens is 2. The molecule has 0 spiro atoms. The van der Waals surface area contributed by atoms with Crippen LogP contribution in [0.1, 0.15) is 42.6 Å². The Morgan fingerprint density at radius 2 is 1.67 bits per heavy atom. The molecule has 0 unspecified atom stereocenters. The number of carbonyl (C=O) groups is 4. The Bertz CT molecular complexity index is 1690. The van der Waals surface area contributed by atoms with Crippen molar-refractivity contribution < 1.29 is 28.3 Å². The van der Waals surface area contributed by atoms with Crippen LogP contribution in [0.5, 0.6) is 11.5 Å². The van der Waals surface area contributed by atoms with Gasteiger partial charge in [0.2, 0.25) is 11.8 Å². The van der Waals surface area contributed by atoms with E-state index in [1.807, 2.05) is 0 Å². The summed E-state index contributed by atoms with van der Waals surface area (Å²) in [5.74, 6) is -0.616. The van der Waals surface area contributed by atoms with Gasteiger partial charge in [-0.2, -0.15) is 0 Å². The van der Waals surface area contributed by atoms with Crippen molar-refractivity contribution in [3.63, 3.8) is 0 Å². The summed E-state index contributed by atoms with van der Waals surface area (Å²) in [6.07, 6.45) is 3.31. The molecule has 0 radical (unpaired) electrons. The Labute approximate surface area is 265 Å². The highest BCUT2D eigenvalue weighted by molar-refractivity contribution is 6.00. The number of urea groups is 1. The van der Waals surface area contributed by atoms with Gasteiger partial charge in [0.25, 0.3) is 5.91 Å². The van der Waals surface area contributed by atoms with Crippen LogP contribution in [0.2, 0.25) is 0 Å². The van der Waals surface area contributed by atoms with Crippen LogP contribution in [0.3, 0.4) is 0 Å². The highest BCUT2D eigenvalue weighted by Gasteiger charge is 2.23. The van der Waals surface area contributed by atoms with E-state index in [1.54, 1.807) is 81.6 Å². The van der Waals surface area contributed by atoms with Gasteiger partial charge in [0.1, 0.15) is 23.4 Å². The van der Waals surface area contributed by atoms with E-state index in [0.717, 1.165) is 5.56 Å². The lowest BCUT2D eigenvalue weighted by Gasteiger charge is -2.17. The van der Waals surface area contributed by atoms with Crippen molar-refractivity contribution in [2.75, 3.05) is 23.7 Å². The first-order chi connectivity index (χ1) is 22.1. The number of hydrogen-bond donors (Lipinski definition) is 6. The maximum atomic E-state index is 14.0. The van der Waals surface area contributed by atoms with Crippen LogP contribution in [-0.4, -0.2) is 52.9 Å². The van der Waals surface area contributed by atoms with Crippen molar-refractivity contribution in [3.8, 4) is 22.9 Å². The van der Waals surface area contributed by atoms with Gasteiger partial charge >= 0.3 is 6.03 Å². The van der Waals surface area contributed by atoms with Gasteiger partial charge in [0, 0.05) is 43.7 Å². The summed E-state index contributed by atoms with van der Waals surface area (Å²) in [5.41, 5.74) is 2.70. The Kier molecular flexibility index (Phi) is 11.4. The Balaban J connectivity index is 1.36. The van der Waals surface area contributed by atoms with E-state index in [-0.39, 0.29) is 35.9 Å². The van der Waals surface area contributed by atoms with Crippen molar-refractivity contribution in [2.24, 2.45) is 0 Å². The molecule has 240 valence electrons. The largest absolute Gasteiger partial charge is 0.457 e. The molecular formula is C33H36FN7O5. The third-order valence-electron chi connectivity index (χ3n) is 6.68. The SMILES string of the molecule is CCNC(=O)CC[C@H](NC(=O)c1c[nH]c(-c2cc(Oc3ccc(NC(=O)Nc4cc(C)ccc4F)cc3)ccn2)c1)C(=O)NCC. The normalized spacial score (nSPS) is 11.2. The molecule has 0 bridgehead atoms. The van der Waals surface area contributed by atoms with Gasteiger partial charge in [-0.25, -0.2) is 9.18 Å². The fourth-order valence-electron chi connectivity index (χ4n) is 4.43. The van der Waals surface area contributed by atoms with Gasteiger partial charge in [-0.1, -0.05) is 6.07 Å². The highest BCUT2D eigenvalue weighted by Crippen LogP contribution is 2.27. The molecule has 4 rings (SSSR count). The summed E-state index contributed by atoms with van der Waals surface area (Å²) >= 11 is 0. The van der Waals surface area contributed by atoms with Gasteiger partial charge in [0.15, 0.2) is 0 Å². The molecule has 0 aliphatic rings. The van der Waals surface area contributed by atoms with Gasteiger partial charge in [-0.15, -0.1) is 0 Å². The smallest absolute Gasteiger partial charge is 0.323 e. The zero-order valence-corrected chi connectivity index (χ0v) is 25.7. The molecule has 1 atom stereocenters. The number of H-pyrrole nitrogens is 1. The number of hydrogen-bond acceptors (Lipinski definition) is 6. The van der Waals surface area contributed by atoms with Crippen LogP contribution < -0.4 is 31.3 Å². The fraction of sp³-hybridized carbons (Fsp3) is 0.242. The number of benzene rings is 2. The summed E-state index contributed by atoms with van der Waals surface area (Å²) in [6.45, 7) is 6.25. The fourth-order valence-corrected chi connectivity index (χ4v) is 4.43. The number of nitrogens with one attached hydrogen (secondary N) is 6. The zero-order valence-electron chi connectivity index (χ0n) is 25.7. The summed E-state index contributed by atoms with van der Waals surface area (Å²) in [5, 5.41) is 13.2. The third-order valence-corrected chi connectivity index (χ3v) is 6.68. The van der Waals surface area contributed by atoms with Gasteiger partial charge < -0.3 is 36.3 Å². The lowest BCUT2D eigenvalue weighted by Crippen LogP contribution is -2.47. The second-order valence-electron chi connectivity index (χ2n) is 10.3. The Hall–Kier alpha value is -5.72. The van der Waals surface area contributed by atoms with Crippen LogP contribution in [0, 0.1) is 12.7 Å². The number of carbonyl (C=O) groups excluding carboxylic acids is 4. The van der Waals surface area contributed by atoms with E-state index in [0.29, 0.717) is 41.7 Å². The van der Waals surface area contributed by atoms with E-state index < -0.39 is 23.8 Å². The average molecular weight is 630 g/mol. The van der Waals surface area contributed by atoms with Crippen LogP contribution in [0.4, 0.5) is 20.6 Å². The summed E-state index contributed by atoms with van der Waals surface area (Å²) in [4.78, 5) is 57.2. The lowest BCUT2D eigenvalue weighted by molar-refractivity contribution is -0.124. The number of likely N-dealkylation sites (N-methyl/N-ethyl adjacent to an activating group) is 1. The summed E-state index contributed by atoms with van der Waals surface area (Å²) in [6, 6.07) is 14.6. The minimum Gasteiger partial charge on any atom is -0.457 e. The maximum absolute atomic E-state index is 14.0. The molecule has 2 aromatic carbocycles. The highest BCUT2D eigenvalue weighted by atomic mass is 19.1. The number of rotatable bonds is 13. The topological polar surface area (TPSA) is 166 Å². The van der Waals surface area contributed by atoms with Crippen LogP contribution in [-0.2, 0) is 9.59 Å². The molecule has 0 saturated carbocycles. The third kappa shape index (κ3) is 9.39. The number of halogens is 1. The first-order valence-corrected chi connectivity index (χ1v) is 14.8. The zero-order chi connectivity index (χ0) is 33.1. The molecule has 46 heavy (non-hydrogen) atoms. The number of nitrogens with zero attached hydrogens (tertiary/aromatic N) is 1. The van der Waals surface area contributed by atoms with Crippen LogP contribution in [0.15, 0.2) is 73.1 Å². The molecule has 2 heterocycles. The summed E-state index contributed by atoms with van der Waals surface area (Å²) in [7, 11) is 0. The van der Waals surface area contributed by atoms with Crippen molar-refractivity contribution in [1.29, 1.82) is 0 Å². The van der Waals surface area contributed by atoms with Crippen molar-refractivity contribution in [3.05, 3.63) is 90.0 Å². The molecule has 6 N–H and O–H groups in total. The molecule has 4 aromatic rings. The number of anilines is 2. The van der Waals surface area contributed by atoms with E-state index in [4.69, 9.17) is 4.74 Å². The molecule has 0 saturated heterocycles. The number of pyridine rings is 1. The molecule has 5 amide bonds. The predicted molar refractivity (Wildman–Crippen MR) is 172 cm³/mol. The van der Waals surface area contributed by atoms with Crippen molar-refractivity contribution in [2.45, 2.75) is 39.7 Å². The molecule has 13 heteroatoms. The Morgan fingerprint density at radius 1 is 0.913 bits per heavy atom. The van der Waals surface area contributed by atoms with Crippen molar-refractivity contribution in [1.82, 2.24) is 25.9 Å². The molecule has 2 aromatic heterocycles. The van der Waals surface area contributed by atoms with Gasteiger partial charge in [-0.3, -0.25) is 19.4 Å². The molecule has 0 aliphatic carbocycles. The maximum Gasteiger partial charge on any atom is 0.323 e. The van der Waals surface area contributed by atoms with E-state index in [1.165, 1.54) is 12.3 Å².